The normalized spacial score (nSPS) is 16.7. The van der Waals surface area contributed by atoms with Gasteiger partial charge in [0, 0.05) is 0 Å². The van der Waals surface area contributed by atoms with E-state index < -0.39 is 0 Å². The molecule has 0 bridgehead atoms. The van der Waals surface area contributed by atoms with Gasteiger partial charge in [0.25, 0.3) is 5.91 Å². The Morgan fingerprint density at radius 3 is 2.40 bits per heavy atom. The molecule has 0 saturated carbocycles. The number of para-hydroxylation sites is 1. The maximum absolute atomic E-state index is 13.6. The molecule has 5 nitrogen and oxygen atoms in total. The first-order valence-corrected chi connectivity index (χ1v) is 12.6. The number of nitrogens with zero attached hydrogens (tertiary/aromatic N) is 2. The summed E-state index contributed by atoms with van der Waals surface area (Å²) in [6, 6.07) is 25.3. The van der Waals surface area contributed by atoms with Crippen molar-refractivity contribution < 1.29 is 14.3 Å². The molecule has 3 aromatic rings. The van der Waals surface area contributed by atoms with Crippen LogP contribution in [0.4, 0.5) is 5.69 Å². The lowest BCUT2D eigenvalue weighted by molar-refractivity contribution is -0.123. The van der Waals surface area contributed by atoms with Crippen LogP contribution in [0, 0.1) is 0 Å². The lowest BCUT2D eigenvalue weighted by atomic mass is 10.1. The first kappa shape index (κ1) is 24.6. The highest BCUT2D eigenvalue weighted by Gasteiger charge is 2.37. The van der Waals surface area contributed by atoms with Crippen molar-refractivity contribution >= 4 is 34.6 Å². The second-order valence-corrected chi connectivity index (χ2v) is 9.22. The fourth-order valence-corrected chi connectivity index (χ4v) is 4.84. The molecule has 1 amide bonds. The number of amidine groups is 1. The summed E-state index contributed by atoms with van der Waals surface area (Å²) in [6.07, 6.45) is 3.94. The fraction of sp³-hybridized carbons (Fsp3) is 0.241. The molecular formula is C29H30N2O3S. The molecule has 0 aliphatic carbocycles. The fourth-order valence-electron chi connectivity index (χ4n) is 3.77. The van der Waals surface area contributed by atoms with Crippen LogP contribution in [0.2, 0.25) is 0 Å². The van der Waals surface area contributed by atoms with E-state index in [1.807, 2.05) is 91.9 Å². The third-order valence-electron chi connectivity index (χ3n) is 5.73. The van der Waals surface area contributed by atoms with Gasteiger partial charge in [0.05, 0.1) is 30.4 Å². The molecular weight excluding hydrogens is 456 g/mol. The Morgan fingerprint density at radius 1 is 1.00 bits per heavy atom. The van der Waals surface area contributed by atoms with Gasteiger partial charge < -0.3 is 9.47 Å². The molecule has 0 unspecified atom stereocenters. The Morgan fingerprint density at radius 2 is 1.71 bits per heavy atom. The molecule has 0 N–H and O–H groups in total. The molecule has 1 aliphatic heterocycles. The first-order valence-electron chi connectivity index (χ1n) is 11.8. The van der Waals surface area contributed by atoms with Crippen molar-refractivity contribution in [3.8, 4) is 11.5 Å². The van der Waals surface area contributed by atoms with Gasteiger partial charge in [-0.3, -0.25) is 9.69 Å². The van der Waals surface area contributed by atoms with Crippen LogP contribution in [0.5, 0.6) is 11.5 Å². The summed E-state index contributed by atoms with van der Waals surface area (Å²) >= 11 is 1.39. The Hall–Kier alpha value is -3.51. The van der Waals surface area contributed by atoms with E-state index in [4.69, 9.17) is 14.5 Å². The second kappa shape index (κ2) is 11.8. The Kier molecular flexibility index (Phi) is 8.27. The Labute approximate surface area is 211 Å². The number of carbonyl (C=O) groups excluding carboxylic acids is 1. The number of hydrogen-bond donors (Lipinski definition) is 0. The highest BCUT2D eigenvalue weighted by atomic mass is 32.2. The van der Waals surface area contributed by atoms with Crippen LogP contribution < -0.4 is 9.47 Å². The van der Waals surface area contributed by atoms with Gasteiger partial charge in [0.1, 0.15) is 0 Å². The number of thioether (sulfide) groups is 1. The maximum Gasteiger partial charge on any atom is 0.267 e. The highest BCUT2D eigenvalue weighted by molar-refractivity contribution is 8.18. The molecule has 1 fully saturated rings. The molecule has 180 valence electrons. The van der Waals surface area contributed by atoms with Gasteiger partial charge in [-0.25, -0.2) is 4.99 Å². The highest BCUT2D eigenvalue weighted by Crippen LogP contribution is 2.40. The number of unbranched alkanes of at least 4 members (excludes halogenated alkanes) is 1. The largest absolute Gasteiger partial charge is 0.493 e. The van der Waals surface area contributed by atoms with Crippen LogP contribution in [0.25, 0.3) is 6.08 Å². The van der Waals surface area contributed by atoms with Gasteiger partial charge in [-0.15, -0.1) is 0 Å². The summed E-state index contributed by atoms with van der Waals surface area (Å²) in [6.45, 7) is 4.80. The van der Waals surface area contributed by atoms with Gasteiger partial charge in [-0.2, -0.15) is 0 Å². The molecule has 1 aliphatic rings. The van der Waals surface area contributed by atoms with E-state index in [2.05, 4.69) is 6.92 Å². The zero-order chi connectivity index (χ0) is 24.6. The van der Waals surface area contributed by atoms with E-state index in [1.54, 1.807) is 12.0 Å². The summed E-state index contributed by atoms with van der Waals surface area (Å²) in [4.78, 5) is 20.8. The number of carbonyl (C=O) groups is 1. The van der Waals surface area contributed by atoms with Gasteiger partial charge in [-0.1, -0.05) is 67.9 Å². The number of benzene rings is 3. The average molecular weight is 487 g/mol. The van der Waals surface area contributed by atoms with Crippen molar-refractivity contribution in [3.05, 3.63) is 94.9 Å². The monoisotopic (exact) mass is 486 g/mol. The van der Waals surface area contributed by atoms with E-state index in [1.165, 1.54) is 11.8 Å². The minimum atomic E-state index is -0.159. The summed E-state index contributed by atoms with van der Waals surface area (Å²) in [5.41, 5.74) is 2.73. The summed E-state index contributed by atoms with van der Waals surface area (Å²) in [7, 11) is 1.63. The lowest BCUT2D eigenvalue weighted by Crippen LogP contribution is -2.32. The molecule has 0 spiro atoms. The van der Waals surface area contributed by atoms with Crippen LogP contribution in [-0.2, 0) is 4.79 Å². The van der Waals surface area contributed by atoms with Crippen molar-refractivity contribution in [2.75, 3.05) is 13.7 Å². The second-order valence-electron chi connectivity index (χ2n) is 8.21. The summed E-state index contributed by atoms with van der Waals surface area (Å²) < 4.78 is 11.4. The number of aliphatic imine (C=N–C) groups is 1. The van der Waals surface area contributed by atoms with Crippen LogP contribution in [-0.4, -0.2) is 29.7 Å². The van der Waals surface area contributed by atoms with Crippen LogP contribution in [0.3, 0.4) is 0 Å². The maximum atomic E-state index is 13.6. The van der Waals surface area contributed by atoms with E-state index in [0.717, 1.165) is 29.7 Å². The third kappa shape index (κ3) is 5.95. The molecule has 1 saturated heterocycles. The van der Waals surface area contributed by atoms with Crippen LogP contribution in [0.15, 0.2) is 88.8 Å². The Bertz CT molecular complexity index is 1210. The molecule has 0 aromatic heterocycles. The van der Waals surface area contributed by atoms with Crippen molar-refractivity contribution in [2.24, 2.45) is 4.99 Å². The number of methoxy groups -OCH3 is 1. The SMILES string of the molecule is CCCCOc1ccc(/C=C2/SC(=Nc3ccccc3)N([C@H](C)c3ccccc3)C2=O)cc1OC. The summed E-state index contributed by atoms with van der Waals surface area (Å²) in [5, 5.41) is 0.662. The van der Waals surface area contributed by atoms with E-state index in [-0.39, 0.29) is 11.9 Å². The predicted molar refractivity (Wildman–Crippen MR) is 144 cm³/mol. The standard InChI is InChI=1S/C29H30N2O3S/c1-4-5-18-34-25-17-16-22(19-26(25)33-3)20-27-28(32)31(21(2)23-12-8-6-9-13-23)29(35-27)30-24-14-10-7-11-15-24/h6-17,19-21H,4-5,18H2,1-3H3/b27-20+,30-29?/t21-/m1/s1. The van der Waals surface area contributed by atoms with E-state index in [0.29, 0.717) is 28.2 Å². The van der Waals surface area contributed by atoms with Crippen molar-refractivity contribution in [1.29, 1.82) is 0 Å². The third-order valence-corrected chi connectivity index (χ3v) is 6.71. The smallest absolute Gasteiger partial charge is 0.267 e. The van der Waals surface area contributed by atoms with Gasteiger partial charge in [0.2, 0.25) is 0 Å². The van der Waals surface area contributed by atoms with Crippen molar-refractivity contribution in [2.45, 2.75) is 32.7 Å². The van der Waals surface area contributed by atoms with Crippen molar-refractivity contribution in [1.82, 2.24) is 4.90 Å². The Balaban J connectivity index is 1.67. The minimum absolute atomic E-state index is 0.0664. The zero-order valence-corrected chi connectivity index (χ0v) is 21.1. The van der Waals surface area contributed by atoms with Crippen molar-refractivity contribution in [3.63, 3.8) is 0 Å². The number of rotatable bonds is 9. The van der Waals surface area contributed by atoms with Gasteiger partial charge in [-0.05, 0) is 66.6 Å². The van der Waals surface area contributed by atoms with E-state index in [9.17, 15) is 4.79 Å². The minimum Gasteiger partial charge on any atom is -0.493 e. The van der Waals surface area contributed by atoms with Crippen LogP contribution in [0.1, 0.15) is 43.9 Å². The van der Waals surface area contributed by atoms with E-state index >= 15 is 0 Å². The molecule has 1 atom stereocenters. The topological polar surface area (TPSA) is 51.1 Å². The predicted octanol–water partition coefficient (Wildman–Crippen LogP) is 7.24. The molecule has 6 heteroatoms. The number of amides is 1. The summed E-state index contributed by atoms with van der Waals surface area (Å²) in [5.74, 6) is 1.29. The zero-order valence-electron chi connectivity index (χ0n) is 20.3. The molecule has 0 radical (unpaired) electrons. The van der Waals surface area contributed by atoms with Gasteiger partial charge >= 0.3 is 0 Å². The lowest BCUT2D eigenvalue weighted by Gasteiger charge is -2.24. The molecule has 1 heterocycles. The molecule has 3 aromatic carbocycles. The number of ether oxygens (including phenoxy) is 2. The van der Waals surface area contributed by atoms with Gasteiger partial charge in [0.15, 0.2) is 16.7 Å². The van der Waals surface area contributed by atoms with Crippen LogP contribution >= 0.6 is 11.8 Å². The average Bonchev–Trinajstić information content (AvgIpc) is 3.19. The molecule has 4 rings (SSSR count). The number of hydrogen-bond acceptors (Lipinski definition) is 5. The molecule has 35 heavy (non-hydrogen) atoms. The quantitative estimate of drug-likeness (QED) is 0.236. The first-order chi connectivity index (χ1) is 17.1.